The van der Waals surface area contributed by atoms with Gasteiger partial charge in [-0.05, 0) is 30.9 Å². The maximum atomic E-state index is 12.1. The van der Waals surface area contributed by atoms with Crippen molar-refractivity contribution in [3.63, 3.8) is 0 Å². The van der Waals surface area contributed by atoms with E-state index in [-0.39, 0.29) is 17.9 Å². The molecule has 0 saturated carbocycles. The smallest absolute Gasteiger partial charge is 0.251 e. The predicted octanol–water partition coefficient (Wildman–Crippen LogP) is 2.47. The first-order valence-electron chi connectivity index (χ1n) is 5.93. The van der Waals surface area contributed by atoms with Crippen molar-refractivity contribution in [3.05, 3.63) is 29.3 Å². The molecule has 0 aliphatic heterocycles. The molecule has 2 N–H and O–H groups in total. The summed E-state index contributed by atoms with van der Waals surface area (Å²) in [6.07, 6.45) is 1.99. The maximum Gasteiger partial charge on any atom is 0.251 e. The lowest BCUT2D eigenvalue weighted by Gasteiger charge is -2.22. The number of benzene rings is 1. The summed E-state index contributed by atoms with van der Waals surface area (Å²) < 4.78 is 0. The molecule has 0 fully saturated rings. The molecular weight excluding hydrogens is 246 g/mol. The molecule has 0 heterocycles. The Morgan fingerprint density at radius 2 is 2.11 bits per heavy atom. The lowest BCUT2D eigenvalue weighted by atomic mass is 9.95. The van der Waals surface area contributed by atoms with Gasteiger partial charge in [0.25, 0.3) is 5.91 Å². The Morgan fingerprint density at radius 1 is 1.44 bits per heavy atom. The Morgan fingerprint density at radius 3 is 2.67 bits per heavy atom. The second kappa shape index (κ2) is 6.25. The molecule has 0 spiro atoms. The van der Waals surface area contributed by atoms with Gasteiger partial charge in [0.15, 0.2) is 0 Å². The van der Waals surface area contributed by atoms with Gasteiger partial charge in [0, 0.05) is 29.0 Å². The number of amides is 1. The van der Waals surface area contributed by atoms with Gasteiger partial charge in [-0.2, -0.15) is 0 Å². The van der Waals surface area contributed by atoms with Gasteiger partial charge < -0.3 is 10.4 Å². The number of rotatable bonds is 5. The van der Waals surface area contributed by atoms with Crippen molar-refractivity contribution in [1.82, 2.24) is 5.32 Å². The predicted molar refractivity (Wildman–Crippen MR) is 76.2 cm³/mol. The molecule has 0 aromatic heterocycles. The summed E-state index contributed by atoms with van der Waals surface area (Å²) in [7, 11) is 0. The quantitative estimate of drug-likeness (QED) is 0.806. The topological polar surface area (TPSA) is 49.3 Å². The second-order valence-electron chi connectivity index (χ2n) is 5.19. The molecule has 1 aromatic rings. The van der Waals surface area contributed by atoms with Crippen LogP contribution in [-0.2, 0) is 0 Å². The van der Waals surface area contributed by atoms with E-state index in [9.17, 15) is 4.79 Å². The van der Waals surface area contributed by atoms with Crippen LogP contribution in [0.2, 0.25) is 0 Å². The van der Waals surface area contributed by atoms with Gasteiger partial charge in [-0.25, -0.2) is 0 Å². The molecule has 0 aliphatic carbocycles. The number of carbonyl (C=O) groups excluding carboxylic acids is 1. The van der Waals surface area contributed by atoms with Gasteiger partial charge >= 0.3 is 0 Å². The highest BCUT2D eigenvalue weighted by Gasteiger charge is 2.18. The molecule has 1 aromatic carbocycles. The number of carbonyl (C=O) groups is 1. The average molecular weight is 267 g/mol. The van der Waals surface area contributed by atoms with Crippen molar-refractivity contribution in [2.24, 2.45) is 5.41 Å². The summed E-state index contributed by atoms with van der Waals surface area (Å²) in [5.41, 5.74) is 1.38. The van der Waals surface area contributed by atoms with Crippen LogP contribution in [0.25, 0.3) is 0 Å². The summed E-state index contributed by atoms with van der Waals surface area (Å²) in [5.74, 6) is -0.0788. The van der Waals surface area contributed by atoms with Crippen molar-refractivity contribution < 1.29 is 9.90 Å². The normalized spacial score (nSPS) is 11.4. The molecule has 18 heavy (non-hydrogen) atoms. The summed E-state index contributed by atoms with van der Waals surface area (Å²) >= 11 is 1.62. The van der Waals surface area contributed by atoms with E-state index in [0.717, 1.165) is 10.5 Å². The van der Waals surface area contributed by atoms with Crippen LogP contribution in [0, 0.1) is 12.3 Å². The highest BCUT2D eigenvalue weighted by atomic mass is 32.2. The van der Waals surface area contributed by atoms with Crippen LogP contribution in [0.1, 0.15) is 29.8 Å². The number of aryl methyl sites for hydroxylation is 1. The highest BCUT2D eigenvalue weighted by Crippen LogP contribution is 2.19. The number of nitrogens with one attached hydrogen (secondary N) is 1. The third kappa shape index (κ3) is 4.03. The highest BCUT2D eigenvalue weighted by molar-refractivity contribution is 7.98. The van der Waals surface area contributed by atoms with Gasteiger partial charge in [-0.3, -0.25) is 4.79 Å². The van der Waals surface area contributed by atoms with Gasteiger partial charge in [-0.1, -0.05) is 19.9 Å². The molecule has 3 nitrogen and oxygen atoms in total. The van der Waals surface area contributed by atoms with E-state index in [1.165, 1.54) is 0 Å². The molecule has 0 aliphatic rings. The fourth-order valence-corrected chi connectivity index (χ4v) is 1.88. The minimum Gasteiger partial charge on any atom is -0.396 e. The van der Waals surface area contributed by atoms with E-state index in [1.54, 1.807) is 11.8 Å². The van der Waals surface area contributed by atoms with Crippen molar-refractivity contribution in [1.29, 1.82) is 0 Å². The van der Waals surface area contributed by atoms with Crippen molar-refractivity contribution in [3.8, 4) is 0 Å². The summed E-state index contributed by atoms with van der Waals surface area (Å²) in [6, 6.07) is 5.87. The third-order valence-electron chi connectivity index (χ3n) is 2.84. The maximum absolute atomic E-state index is 12.1. The van der Waals surface area contributed by atoms with Crippen molar-refractivity contribution in [2.45, 2.75) is 25.7 Å². The Bertz CT molecular complexity index is 430. The Balaban J connectivity index is 2.78. The molecule has 1 amide bonds. The van der Waals surface area contributed by atoms with Crippen LogP contribution in [0.3, 0.4) is 0 Å². The van der Waals surface area contributed by atoms with E-state index < -0.39 is 0 Å². The lowest BCUT2D eigenvalue weighted by Crippen LogP contribution is -2.36. The number of hydrogen-bond donors (Lipinski definition) is 2. The fourth-order valence-electron chi connectivity index (χ4n) is 1.44. The minimum atomic E-state index is -0.291. The van der Waals surface area contributed by atoms with Gasteiger partial charge in [0.1, 0.15) is 0 Å². The average Bonchev–Trinajstić information content (AvgIpc) is 2.36. The van der Waals surface area contributed by atoms with E-state index in [0.29, 0.717) is 12.1 Å². The first kappa shape index (κ1) is 15.1. The molecule has 0 atom stereocenters. The van der Waals surface area contributed by atoms with E-state index in [4.69, 9.17) is 5.11 Å². The Kier molecular flexibility index (Phi) is 5.23. The third-order valence-corrected chi connectivity index (χ3v) is 3.57. The van der Waals surface area contributed by atoms with Crippen molar-refractivity contribution >= 4 is 17.7 Å². The van der Waals surface area contributed by atoms with Crippen molar-refractivity contribution in [2.75, 3.05) is 19.4 Å². The van der Waals surface area contributed by atoms with Crippen LogP contribution >= 0.6 is 11.8 Å². The molecule has 1 rings (SSSR count). The number of aliphatic hydroxyl groups excluding tert-OH is 1. The van der Waals surface area contributed by atoms with Crippen LogP contribution < -0.4 is 5.32 Å². The monoisotopic (exact) mass is 267 g/mol. The minimum absolute atomic E-state index is 0.0527. The molecule has 100 valence electrons. The van der Waals surface area contributed by atoms with Gasteiger partial charge in [-0.15, -0.1) is 11.8 Å². The summed E-state index contributed by atoms with van der Waals surface area (Å²) in [4.78, 5) is 13.2. The van der Waals surface area contributed by atoms with Crippen LogP contribution in [0.4, 0.5) is 0 Å². The molecule has 0 radical (unpaired) electrons. The number of thioether (sulfide) groups is 1. The summed E-state index contributed by atoms with van der Waals surface area (Å²) in [6.45, 7) is 6.27. The standard InChI is InChI=1S/C14H21NO2S/c1-10-5-6-11(18-4)7-12(10)13(17)15-8-14(2,3)9-16/h5-7,16H,8-9H2,1-4H3,(H,15,17). The fraction of sp³-hybridized carbons (Fsp3) is 0.500. The molecule has 4 heteroatoms. The van der Waals surface area contributed by atoms with Crippen LogP contribution in [0.15, 0.2) is 23.1 Å². The molecule has 0 bridgehead atoms. The number of aliphatic hydroxyl groups is 1. The zero-order valence-electron chi connectivity index (χ0n) is 11.4. The van der Waals surface area contributed by atoms with Crippen LogP contribution in [0.5, 0.6) is 0 Å². The summed E-state index contributed by atoms with van der Waals surface area (Å²) in [5, 5.41) is 12.0. The Hall–Kier alpha value is -1.00. The van der Waals surface area contributed by atoms with Gasteiger partial charge in [0.05, 0.1) is 0 Å². The van der Waals surface area contributed by atoms with E-state index in [2.05, 4.69) is 5.32 Å². The van der Waals surface area contributed by atoms with Crippen LogP contribution in [-0.4, -0.2) is 30.4 Å². The molecular formula is C14H21NO2S. The SMILES string of the molecule is CSc1ccc(C)c(C(=O)NCC(C)(C)CO)c1. The Labute approximate surface area is 113 Å². The van der Waals surface area contributed by atoms with E-state index in [1.807, 2.05) is 45.2 Å². The first-order valence-corrected chi connectivity index (χ1v) is 7.16. The van der Waals surface area contributed by atoms with E-state index >= 15 is 0 Å². The molecule has 0 unspecified atom stereocenters. The second-order valence-corrected chi connectivity index (χ2v) is 6.07. The zero-order chi connectivity index (χ0) is 13.8. The largest absolute Gasteiger partial charge is 0.396 e. The first-order chi connectivity index (χ1) is 8.39. The van der Waals surface area contributed by atoms with Gasteiger partial charge in [0.2, 0.25) is 0 Å². The zero-order valence-corrected chi connectivity index (χ0v) is 12.2. The lowest BCUT2D eigenvalue weighted by molar-refractivity contribution is 0.0910. The molecule has 0 saturated heterocycles. The number of hydrogen-bond acceptors (Lipinski definition) is 3.